The van der Waals surface area contributed by atoms with Crippen molar-refractivity contribution in [3.63, 3.8) is 0 Å². The Morgan fingerprint density at radius 2 is 1.60 bits per heavy atom. The third kappa shape index (κ3) is 3.73. The van der Waals surface area contributed by atoms with Crippen LogP contribution in [0.5, 0.6) is 0 Å². The molecule has 0 aliphatic carbocycles. The molecule has 0 aliphatic rings. The van der Waals surface area contributed by atoms with Gasteiger partial charge in [0.25, 0.3) is 5.92 Å². The number of nitrogens with zero attached hydrogens (tertiary/aromatic N) is 2. The van der Waals surface area contributed by atoms with Gasteiger partial charge in [0.15, 0.2) is 5.82 Å². The molecule has 1 atom stereocenters. The van der Waals surface area contributed by atoms with Gasteiger partial charge in [-0.2, -0.15) is 0 Å². The van der Waals surface area contributed by atoms with Gasteiger partial charge in [-0.15, -0.1) is 18.3 Å². The molecule has 0 radical (unpaired) electrons. The molecule has 138 valence electrons. The number of hydrogen-bond acceptors (Lipinski definition) is 4. The van der Waals surface area contributed by atoms with Gasteiger partial charge in [-0.25, -0.2) is 13.5 Å². The number of aromatic nitrogens is 2. The number of rotatable bonds is 3. The van der Waals surface area contributed by atoms with Crippen molar-refractivity contribution in [2.45, 2.75) is 23.3 Å². The van der Waals surface area contributed by atoms with E-state index in [9.17, 15) is 26.5 Å². The molecular formula is C12H9Cl2F5N4OS. The number of halogens is 7. The Morgan fingerprint density at radius 3 is 2.00 bits per heavy atom. The first kappa shape index (κ1) is 19.9. The van der Waals surface area contributed by atoms with Crippen molar-refractivity contribution in [3.8, 4) is 5.69 Å². The van der Waals surface area contributed by atoms with Crippen LogP contribution in [0.2, 0.25) is 10.0 Å². The van der Waals surface area contributed by atoms with Crippen LogP contribution < -0.4 is 11.5 Å². The van der Waals surface area contributed by atoms with Crippen molar-refractivity contribution < 1.29 is 26.5 Å². The number of anilines is 2. The second kappa shape index (κ2) is 6.38. The van der Waals surface area contributed by atoms with Crippen molar-refractivity contribution in [2.75, 3.05) is 11.5 Å². The summed E-state index contributed by atoms with van der Waals surface area (Å²) in [5, 5.41) is 2.83. The number of nitrogen functional groups attached to an aromatic ring is 2. The molecule has 0 saturated heterocycles. The smallest absolute Gasteiger partial charge is 0.578 e. The van der Waals surface area contributed by atoms with Crippen LogP contribution in [0.25, 0.3) is 5.69 Å². The van der Waals surface area contributed by atoms with Crippen LogP contribution in [0.1, 0.15) is 12.5 Å². The Kier molecular flexibility index (Phi) is 5.08. The van der Waals surface area contributed by atoms with Crippen LogP contribution in [0.15, 0.2) is 17.0 Å². The van der Waals surface area contributed by atoms with Crippen LogP contribution >= 0.6 is 23.2 Å². The van der Waals surface area contributed by atoms with Gasteiger partial charge in [0.05, 0.1) is 10.0 Å². The molecule has 0 spiro atoms. The van der Waals surface area contributed by atoms with E-state index in [0.717, 1.165) is 12.1 Å². The summed E-state index contributed by atoms with van der Waals surface area (Å²) in [6, 6.07) is 1.72. The molecule has 5 nitrogen and oxygen atoms in total. The minimum Gasteiger partial charge on any atom is -0.604 e. The number of hydrogen-bond donors (Lipinski definition) is 2. The van der Waals surface area contributed by atoms with Crippen molar-refractivity contribution in [1.29, 1.82) is 0 Å². The van der Waals surface area contributed by atoms with Crippen molar-refractivity contribution in [1.82, 2.24) is 9.78 Å². The quantitative estimate of drug-likeness (QED) is 0.575. The Bertz CT molecular complexity index is 798. The lowest BCUT2D eigenvalue weighted by Gasteiger charge is -2.15. The van der Waals surface area contributed by atoms with Gasteiger partial charge in [0.1, 0.15) is 16.9 Å². The van der Waals surface area contributed by atoms with Gasteiger partial charge in [-0.1, -0.05) is 23.2 Å². The van der Waals surface area contributed by atoms with Crippen molar-refractivity contribution >= 4 is 46.0 Å². The summed E-state index contributed by atoms with van der Waals surface area (Å²) in [5.74, 6) is -4.75. The highest BCUT2D eigenvalue weighted by molar-refractivity contribution is 7.92. The van der Waals surface area contributed by atoms with E-state index in [-0.39, 0.29) is 15.7 Å². The molecular weight excluding hydrogens is 414 g/mol. The summed E-state index contributed by atoms with van der Waals surface area (Å²) in [7, 11) is 0. The molecule has 0 saturated carbocycles. The van der Waals surface area contributed by atoms with Crippen molar-refractivity contribution in [3.05, 3.63) is 27.7 Å². The van der Waals surface area contributed by atoms with E-state index in [1.165, 1.54) is 0 Å². The average molecular weight is 423 g/mol. The molecule has 4 N–H and O–H groups in total. The normalized spacial score (nSPS) is 14.0. The highest BCUT2D eigenvalue weighted by Gasteiger charge is 2.49. The average Bonchev–Trinajstić information content (AvgIpc) is 2.70. The monoisotopic (exact) mass is 422 g/mol. The van der Waals surface area contributed by atoms with Crippen LogP contribution in [0.3, 0.4) is 0 Å². The van der Waals surface area contributed by atoms with E-state index in [1.807, 2.05) is 0 Å². The Balaban J connectivity index is 2.66. The molecule has 0 bridgehead atoms. The van der Waals surface area contributed by atoms with Crippen LogP contribution in [0.4, 0.5) is 33.6 Å². The standard InChI is InChI=1S/C12H9Cl2F5N4OS/c1-11(15,16)4-2-5(13)7(6(14)3-4)23-10(21)8(9(20)22-23)25(24)12(17,18)19/h2-3H,21H2,1H3,(H2,20,22). The molecule has 0 fully saturated rings. The summed E-state index contributed by atoms with van der Waals surface area (Å²) < 4.78 is 76.9. The first-order valence-corrected chi connectivity index (χ1v) is 8.16. The fourth-order valence-electron chi connectivity index (χ4n) is 1.93. The predicted octanol–water partition coefficient (Wildman–Crippen LogP) is 4.08. The third-order valence-corrected chi connectivity index (χ3v) is 4.82. The van der Waals surface area contributed by atoms with Gasteiger partial charge in [-0.3, -0.25) is 0 Å². The van der Waals surface area contributed by atoms with E-state index in [2.05, 4.69) is 5.10 Å². The van der Waals surface area contributed by atoms with Crippen LogP contribution in [0, 0.1) is 0 Å². The second-order valence-corrected chi connectivity index (χ2v) is 7.13. The van der Waals surface area contributed by atoms with Gasteiger partial charge in [0.2, 0.25) is 10.7 Å². The lowest BCUT2D eigenvalue weighted by atomic mass is 10.1. The topological polar surface area (TPSA) is 92.9 Å². The highest BCUT2D eigenvalue weighted by atomic mass is 35.5. The minimum atomic E-state index is -5.13. The summed E-state index contributed by atoms with van der Waals surface area (Å²) in [4.78, 5) is -0.968. The summed E-state index contributed by atoms with van der Waals surface area (Å²) in [5.41, 5.74) is 5.00. The SMILES string of the molecule is CC(F)(F)c1cc(Cl)c(-n2nc(N)c([S+]([O-])C(F)(F)F)c2N)c(Cl)c1. The predicted molar refractivity (Wildman–Crippen MR) is 84.4 cm³/mol. The Morgan fingerprint density at radius 1 is 1.12 bits per heavy atom. The molecule has 1 heterocycles. The maximum atomic E-state index is 13.4. The zero-order chi connectivity index (χ0) is 19.3. The van der Waals surface area contributed by atoms with Gasteiger partial charge >= 0.3 is 5.51 Å². The zero-order valence-corrected chi connectivity index (χ0v) is 14.5. The fraction of sp³-hybridized carbons (Fsp3) is 0.250. The molecule has 25 heavy (non-hydrogen) atoms. The van der Waals surface area contributed by atoms with Crippen molar-refractivity contribution in [2.24, 2.45) is 0 Å². The zero-order valence-electron chi connectivity index (χ0n) is 12.2. The molecule has 1 unspecified atom stereocenters. The van der Waals surface area contributed by atoms with E-state index in [1.54, 1.807) is 0 Å². The van der Waals surface area contributed by atoms with E-state index in [0.29, 0.717) is 11.6 Å². The van der Waals surface area contributed by atoms with Crippen LogP contribution in [-0.4, -0.2) is 19.8 Å². The largest absolute Gasteiger partial charge is 0.604 e. The van der Waals surface area contributed by atoms with Crippen LogP contribution in [-0.2, 0) is 17.1 Å². The lowest BCUT2D eigenvalue weighted by molar-refractivity contribution is -0.0434. The molecule has 0 aliphatic heterocycles. The Labute approximate surface area is 150 Å². The summed E-state index contributed by atoms with van der Waals surface area (Å²) >= 11 is 8.26. The third-order valence-electron chi connectivity index (χ3n) is 3.03. The van der Waals surface area contributed by atoms with E-state index < -0.39 is 44.7 Å². The van der Waals surface area contributed by atoms with Gasteiger partial charge in [-0.05, 0) is 12.1 Å². The fourth-order valence-corrected chi connectivity index (χ4v) is 3.32. The van der Waals surface area contributed by atoms with Gasteiger partial charge < -0.3 is 16.0 Å². The molecule has 0 amide bonds. The Hall–Kier alpha value is -1.43. The molecule has 2 aromatic rings. The first-order valence-electron chi connectivity index (χ1n) is 6.25. The van der Waals surface area contributed by atoms with Gasteiger partial charge in [0, 0.05) is 12.5 Å². The molecule has 1 aromatic heterocycles. The second-order valence-electron chi connectivity index (χ2n) is 4.90. The number of alkyl halides is 5. The maximum Gasteiger partial charge on any atom is 0.578 e. The van der Waals surface area contributed by atoms with E-state index in [4.69, 9.17) is 34.7 Å². The highest BCUT2D eigenvalue weighted by Crippen LogP contribution is 2.41. The van der Waals surface area contributed by atoms with E-state index >= 15 is 0 Å². The number of nitrogens with two attached hydrogens (primary N) is 2. The summed E-state index contributed by atoms with van der Waals surface area (Å²) in [6.45, 7) is 0.611. The lowest BCUT2D eigenvalue weighted by Crippen LogP contribution is -2.24. The number of benzene rings is 1. The minimum absolute atomic E-state index is 0.272. The summed E-state index contributed by atoms with van der Waals surface area (Å²) in [6.07, 6.45) is 0. The molecule has 13 heteroatoms. The maximum absolute atomic E-state index is 13.4. The first-order chi connectivity index (χ1) is 11.2. The molecule has 2 rings (SSSR count). The molecule has 1 aromatic carbocycles.